The third kappa shape index (κ3) is 2.81. The predicted octanol–water partition coefficient (Wildman–Crippen LogP) is -0.237. The summed E-state index contributed by atoms with van der Waals surface area (Å²) in [6.45, 7) is 3.11. The third-order valence-corrected chi connectivity index (χ3v) is 2.90. The zero-order valence-electron chi connectivity index (χ0n) is 9.84. The van der Waals surface area contributed by atoms with E-state index < -0.39 is 6.04 Å². The van der Waals surface area contributed by atoms with Crippen LogP contribution < -0.4 is 5.32 Å². The molecule has 2 atom stereocenters. The highest BCUT2D eigenvalue weighted by Crippen LogP contribution is 2.11. The number of piperazine rings is 1. The van der Waals surface area contributed by atoms with Crippen molar-refractivity contribution in [2.75, 3.05) is 13.2 Å². The predicted molar refractivity (Wildman–Crippen MR) is 63.1 cm³/mol. The van der Waals surface area contributed by atoms with E-state index in [0.717, 1.165) is 12.2 Å². The van der Waals surface area contributed by atoms with Gasteiger partial charge in [0, 0.05) is 25.3 Å². The van der Waals surface area contributed by atoms with Crippen molar-refractivity contribution >= 4 is 5.91 Å². The van der Waals surface area contributed by atoms with Crippen LogP contribution in [0.5, 0.6) is 0 Å². The number of aliphatic hydroxyl groups excluding tert-OH is 1. The van der Waals surface area contributed by atoms with Crippen molar-refractivity contribution in [3.63, 3.8) is 0 Å². The van der Waals surface area contributed by atoms with Gasteiger partial charge < -0.3 is 10.4 Å². The van der Waals surface area contributed by atoms with Crippen LogP contribution in [-0.4, -0.2) is 46.1 Å². The Morgan fingerprint density at radius 3 is 3.06 bits per heavy atom. The van der Waals surface area contributed by atoms with Crippen LogP contribution in [0, 0.1) is 0 Å². The summed E-state index contributed by atoms with van der Waals surface area (Å²) in [5.41, 5.74) is 0.910. The number of aliphatic hydroxyl groups is 1. The zero-order valence-corrected chi connectivity index (χ0v) is 9.84. The Kier molecular flexibility index (Phi) is 3.71. The molecule has 17 heavy (non-hydrogen) atoms. The number of hydrogen-bond acceptors (Lipinski definition) is 4. The molecular formula is C12H17N3O2. The Morgan fingerprint density at radius 2 is 2.41 bits per heavy atom. The molecule has 5 heteroatoms. The smallest absolute Gasteiger partial charge is 0.240 e. The molecule has 0 spiro atoms. The maximum atomic E-state index is 11.7. The Hall–Kier alpha value is -1.46. The first-order valence-corrected chi connectivity index (χ1v) is 5.76. The molecule has 92 valence electrons. The summed E-state index contributed by atoms with van der Waals surface area (Å²) in [6, 6.07) is 5.34. The highest BCUT2D eigenvalue weighted by atomic mass is 16.3. The van der Waals surface area contributed by atoms with E-state index >= 15 is 0 Å². The summed E-state index contributed by atoms with van der Waals surface area (Å²) in [5, 5.41) is 12.1. The summed E-state index contributed by atoms with van der Waals surface area (Å²) >= 11 is 0. The minimum Gasteiger partial charge on any atom is -0.394 e. The quantitative estimate of drug-likeness (QED) is 0.759. The van der Waals surface area contributed by atoms with Crippen molar-refractivity contribution < 1.29 is 9.90 Å². The van der Waals surface area contributed by atoms with Crippen LogP contribution in [0.2, 0.25) is 0 Å². The molecule has 5 nitrogen and oxygen atoms in total. The maximum absolute atomic E-state index is 11.7. The van der Waals surface area contributed by atoms with Gasteiger partial charge in [-0.3, -0.25) is 14.7 Å². The van der Waals surface area contributed by atoms with E-state index in [9.17, 15) is 9.90 Å². The molecule has 0 bridgehead atoms. The van der Waals surface area contributed by atoms with Crippen molar-refractivity contribution in [3.05, 3.63) is 30.1 Å². The average Bonchev–Trinajstić information content (AvgIpc) is 2.30. The zero-order chi connectivity index (χ0) is 12.3. The van der Waals surface area contributed by atoms with E-state index in [1.54, 1.807) is 6.20 Å². The van der Waals surface area contributed by atoms with E-state index in [4.69, 9.17) is 0 Å². The van der Waals surface area contributed by atoms with E-state index in [1.807, 2.05) is 30.0 Å². The number of aromatic nitrogens is 1. The van der Waals surface area contributed by atoms with E-state index in [1.165, 1.54) is 0 Å². The molecule has 1 aromatic heterocycles. The summed E-state index contributed by atoms with van der Waals surface area (Å²) < 4.78 is 0. The standard InChI is InChI=1S/C12H17N3O2/c1-9-6-15(11(8-16)12(17)14-9)7-10-4-2-3-5-13-10/h2-5,9,11,16H,6-8H2,1H3,(H,14,17). The summed E-state index contributed by atoms with van der Waals surface area (Å²) in [4.78, 5) is 17.9. The van der Waals surface area contributed by atoms with Crippen LogP contribution in [0.15, 0.2) is 24.4 Å². The van der Waals surface area contributed by atoms with Crippen molar-refractivity contribution in [3.8, 4) is 0 Å². The fourth-order valence-electron chi connectivity index (χ4n) is 2.10. The molecule has 1 aromatic rings. The van der Waals surface area contributed by atoms with Gasteiger partial charge in [-0.15, -0.1) is 0 Å². The number of hydrogen-bond donors (Lipinski definition) is 2. The fourth-order valence-corrected chi connectivity index (χ4v) is 2.10. The SMILES string of the molecule is CC1CN(Cc2ccccn2)C(CO)C(=O)N1. The highest BCUT2D eigenvalue weighted by Gasteiger charge is 2.32. The van der Waals surface area contributed by atoms with E-state index in [0.29, 0.717) is 6.54 Å². The molecular weight excluding hydrogens is 218 g/mol. The topological polar surface area (TPSA) is 65.5 Å². The van der Waals surface area contributed by atoms with Crippen LogP contribution in [0.4, 0.5) is 0 Å². The van der Waals surface area contributed by atoms with Gasteiger partial charge in [-0.1, -0.05) is 6.07 Å². The van der Waals surface area contributed by atoms with E-state index in [2.05, 4.69) is 10.3 Å². The van der Waals surface area contributed by atoms with Crippen LogP contribution in [0.25, 0.3) is 0 Å². The largest absolute Gasteiger partial charge is 0.394 e. The molecule has 1 aliphatic heterocycles. The molecule has 2 N–H and O–H groups in total. The summed E-state index contributed by atoms with van der Waals surface area (Å²) in [7, 11) is 0. The molecule has 0 aromatic carbocycles. The lowest BCUT2D eigenvalue weighted by Crippen LogP contribution is -2.60. The first-order valence-electron chi connectivity index (χ1n) is 5.76. The molecule has 1 amide bonds. The lowest BCUT2D eigenvalue weighted by atomic mass is 10.1. The van der Waals surface area contributed by atoms with Gasteiger partial charge in [0.15, 0.2) is 0 Å². The normalized spacial score (nSPS) is 25.6. The monoisotopic (exact) mass is 235 g/mol. The van der Waals surface area contributed by atoms with Crippen LogP contribution in [0.3, 0.4) is 0 Å². The number of pyridine rings is 1. The first-order chi connectivity index (χ1) is 8.20. The maximum Gasteiger partial charge on any atom is 0.240 e. The fraction of sp³-hybridized carbons (Fsp3) is 0.500. The van der Waals surface area contributed by atoms with Gasteiger partial charge in [-0.2, -0.15) is 0 Å². The first kappa shape index (κ1) is 12.0. The molecule has 1 fully saturated rings. The third-order valence-electron chi connectivity index (χ3n) is 2.90. The second-order valence-corrected chi connectivity index (χ2v) is 4.36. The number of nitrogens with one attached hydrogen (secondary N) is 1. The Labute approximate surface area is 100 Å². The van der Waals surface area contributed by atoms with Gasteiger partial charge in [0.1, 0.15) is 6.04 Å². The van der Waals surface area contributed by atoms with E-state index in [-0.39, 0.29) is 18.6 Å². The van der Waals surface area contributed by atoms with Crippen LogP contribution in [-0.2, 0) is 11.3 Å². The van der Waals surface area contributed by atoms with Crippen LogP contribution in [0.1, 0.15) is 12.6 Å². The van der Waals surface area contributed by atoms with Gasteiger partial charge in [-0.05, 0) is 19.1 Å². The lowest BCUT2D eigenvalue weighted by molar-refractivity contribution is -0.132. The van der Waals surface area contributed by atoms with Crippen molar-refractivity contribution in [2.45, 2.75) is 25.6 Å². The van der Waals surface area contributed by atoms with Gasteiger partial charge in [-0.25, -0.2) is 0 Å². The number of carbonyl (C=O) groups is 1. The second kappa shape index (κ2) is 5.25. The molecule has 1 aliphatic rings. The molecule has 2 unspecified atom stereocenters. The minimum atomic E-state index is -0.465. The summed E-state index contributed by atoms with van der Waals surface area (Å²) in [6.07, 6.45) is 1.73. The molecule has 0 radical (unpaired) electrons. The van der Waals surface area contributed by atoms with Crippen molar-refractivity contribution in [2.24, 2.45) is 0 Å². The summed E-state index contributed by atoms with van der Waals surface area (Å²) in [5.74, 6) is -0.109. The van der Waals surface area contributed by atoms with Gasteiger partial charge in [0.2, 0.25) is 5.91 Å². The number of amides is 1. The number of nitrogens with zero attached hydrogens (tertiary/aromatic N) is 2. The van der Waals surface area contributed by atoms with Gasteiger partial charge in [0.25, 0.3) is 0 Å². The Balaban J connectivity index is 2.09. The Bertz CT molecular complexity index is 383. The number of carbonyl (C=O) groups excluding carboxylic acids is 1. The highest BCUT2D eigenvalue weighted by molar-refractivity contribution is 5.82. The molecule has 2 rings (SSSR count). The average molecular weight is 235 g/mol. The molecule has 2 heterocycles. The molecule has 1 saturated heterocycles. The molecule has 0 aliphatic carbocycles. The molecule has 0 saturated carbocycles. The minimum absolute atomic E-state index is 0.106. The van der Waals surface area contributed by atoms with Crippen molar-refractivity contribution in [1.82, 2.24) is 15.2 Å². The van der Waals surface area contributed by atoms with Gasteiger partial charge >= 0.3 is 0 Å². The lowest BCUT2D eigenvalue weighted by Gasteiger charge is -2.37. The van der Waals surface area contributed by atoms with Crippen LogP contribution >= 0.6 is 0 Å². The Morgan fingerprint density at radius 1 is 1.59 bits per heavy atom. The van der Waals surface area contributed by atoms with Crippen molar-refractivity contribution in [1.29, 1.82) is 0 Å². The number of rotatable bonds is 3. The second-order valence-electron chi connectivity index (χ2n) is 4.36. The van der Waals surface area contributed by atoms with Gasteiger partial charge in [0.05, 0.1) is 12.3 Å².